The average molecular weight is 325 g/mol. The van der Waals surface area contributed by atoms with Crippen molar-refractivity contribution in [1.82, 2.24) is 4.72 Å². The molecule has 4 nitrogen and oxygen atoms in total. The Morgan fingerprint density at radius 2 is 1.71 bits per heavy atom. The summed E-state index contributed by atoms with van der Waals surface area (Å²) in [4.78, 5) is 0.0548. The van der Waals surface area contributed by atoms with Crippen LogP contribution < -0.4 is 10.5 Å². The number of rotatable bonds is 5. The maximum Gasteiger partial charge on any atom is 0.242 e. The van der Waals surface area contributed by atoms with E-state index in [1.807, 2.05) is 31.2 Å². The van der Waals surface area contributed by atoms with Gasteiger partial charge in [-0.1, -0.05) is 47.5 Å². The first-order chi connectivity index (χ1) is 9.92. The standard InChI is InChI=1S/C15H17ClN2O2S/c1-11-2-4-12(5-3-11)10-18-21(19,20)15-8-13(9-17)6-7-14(15)16/h2-8,18H,9-10,17H2,1H3. The van der Waals surface area contributed by atoms with Crippen LogP contribution in [0.5, 0.6) is 0 Å². The van der Waals surface area contributed by atoms with E-state index in [9.17, 15) is 8.42 Å². The lowest BCUT2D eigenvalue weighted by atomic mass is 10.2. The van der Waals surface area contributed by atoms with E-state index in [4.69, 9.17) is 17.3 Å². The molecule has 0 fully saturated rings. The molecule has 0 unspecified atom stereocenters. The Hall–Kier alpha value is -1.40. The highest BCUT2D eigenvalue weighted by Gasteiger charge is 2.18. The zero-order valence-corrected chi connectivity index (χ0v) is 13.2. The molecule has 0 aliphatic rings. The Morgan fingerprint density at radius 3 is 2.33 bits per heavy atom. The van der Waals surface area contributed by atoms with E-state index in [2.05, 4.69) is 4.72 Å². The molecule has 2 rings (SSSR count). The maximum absolute atomic E-state index is 12.3. The van der Waals surface area contributed by atoms with Crippen LogP contribution in [-0.4, -0.2) is 8.42 Å². The molecule has 0 bridgehead atoms. The summed E-state index contributed by atoms with van der Waals surface area (Å²) in [5, 5.41) is 0.184. The molecule has 21 heavy (non-hydrogen) atoms. The summed E-state index contributed by atoms with van der Waals surface area (Å²) in [7, 11) is -3.67. The van der Waals surface area contributed by atoms with E-state index in [0.29, 0.717) is 0 Å². The fourth-order valence-corrected chi connectivity index (χ4v) is 3.41. The van der Waals surface area contributed by atoms with Gasteiger partial charge in [-0.05, 0) is 30.2 Å². The molecule has 6 heteroatoms. The van der Waals surface area contributed by atoms with Crippen LogP contribution in [0.1, 0.15) is 16.7 Å². The molecule has 0 aliphatic heterocycles. The number of sulfonamides is 1. The Bertz CT molecular complexity index is 728. The summed E-state index contributed by atoms with van der Waals surface area (Å²) < 4.78 is 27.2. The minimum Gasteiger partial charge on any atom is -0.326 e. The van der Waals surface area contributed by atoms with Crippen molar-refractivity contribution in [1.29, 1.82) is 0 Å². The van der Waals surface area contributed by atoms with Gasteiger partial charge in [0.05, 0.1) is 5.02 Å². The second-order valence-electron chi connectivity index (χ2n) is 4.78. The zero-order chi connectivity index (χ0) is 15.5. The minimum atomic E-state index is -3.67. The van der Waals surface area contributed by atoms with Crippen LogP contribution in [0.2, 0.25) is 5.02 Å². The van der Waals surface area contributed by atoms with Gasteiger partial charge in [0.2, 0.25) is 10.0 Å². The van der Waals surface area contributed by atoms with Gasteiger partial charge >= 0.3 is 0 Å². The van der Waals surface area contributed by atoms with Crippen LogP contribution in [0, 0.1) is 6.92 Å². The molecule has 0 amide bonds. The second-order valence-corrected chi connectivity index (χ2v) is 6.92. The van der Waals surface area contributed by atoms with Gasteiger partial charge in [0, 0.05) is 13.1 Å². The van der Waals surface area contributed by atoms with Crippen molar-refractivity contribution in [3.63, 3.8) is 0 Å². The molecule has 0 atom stereocenters. The van der Waals surface area contributed by atoms with E-state index >= 15 is 0 Å². The van der Waals surface area contributed by atoms with Crippen LogP contribution in [0.4, 0.5) is 0 Å². The molecule has 2 aromatic rings. The molecule has 0 aliphatic carbocycles. The Morgan fingerprint density at radius 1 is 1.10 bits per heavy atom. The summed E-state index contributed by atoms with van der Waals surface area (Å²) in [5.41, 5.74) is 8.26. The lowest BCUT2D eigenvalue weighted by molar-refractivity contribution is 0.581. The number of aryl methyl sites for hydroxylation is 1. The lowest BCUT2D eigenvalue weighted by Crippen LogP contribution is -2.23. The van der Waals surface area contributed by atoms with Crippen LogP contribution in [0.15, 0.2) is 47.4 Å². The van der Waals surface area contributed by atoms with Crippen molar-refractivity contribution in [3.05, 3.63) is 64.2 Å². The zero-order valence-electron chi connectivity index (χ0n) is 11.6. The number of benzene rings is 2. The van der Waals surface area contributed by atoms with E-state index in [0.717, 1.165) is 16.7 Å². The van der Waals surface area contributed by atoms with E-state index in [1.165, 1.54) is 6.07 Å². The van der Waals surface area contributed by atoms with E-state index in [1.54, 1.807) is 12.1 Å². The first-order valence-corrected chi connectivity index (χ1v) is 8.32. The largest absolute Gasteiger partial charge is 0.326 e. The quantitative estimate of drug-likeness (QED) is 0.888. The van der Waals surface area contributed by atoms with Gasteiger partial charge in [0.15, 0.2) is 0 Å². The third kappa shape index (κ3) is 4.04. The Kier molecular flexibility index (Phi) is 5.00. The van der Waals surface area contributed by atoms with Gasteiger partial charge in [-0.2, -0.15) is 0 Å². The summed E-state index contributed by atoms with van der Waals surface area (Å²) in [6, 6.07) is 12.4. The molecule has 0 heterocycles. The topological polar surface area (TPSA) is 72.2 Å². The van der Waals surface area contributed by atoms with Crippen molar-refractivity contribution < 1.29 is 8.42 Å². The van der Waals surface area contributed by atoms with Crippen molar-refractivity contribution >= 4 is 21.6 Å². The van der Waals surface area contributed by atoms with Crippen molar-refractivity contribution in [2.75, 3.05) is 0 Å². The lowest BCUT2D eigenvalue weighted by Gasteiger charge is -2.10. The molecule has 2 aromatic carbocycles. The molecule has 0 radical (unpaired) electrons. The summed E-state index contributed by atoms with van der Waals surface area (Å²) in [6.07, 6.45) is 0. The summed E-state index contributed by atoms with van der Waals surface area (Å²) >= 11 is 5.98. The fourth-order valence-electron chi connectivity index (χ4n) is 1.84. The third-order valence-corrected chi connectivity index (χ3v) is 4.99. The highest BCUT2D eigenvalue weighted by atomic mass is 35.5. The van der Waals surface area contributed by atoms with Gasteiger partial charge in [0.1, 0.15) is 4.90 Å². The Labute approximate surface area is 130 Å². The highest BCUT2D eigenvalue weighted by molar-refractivity contribution is 7.89. The second kappa shape index (κ2) is 6.58. The molecule has 0 aromatic heterocycles. The van der Waals surface area contributed by atoms with Gasteiger partial charge in [-0.25, -0.2) is 13.1 Å². The first-order valence-electron chi connectivity index (χ1n) is 6.46. The van der Waals surface area contributed by atoms with E-state index < -0.39 is 10.0 Å². The summed E-state index contributed by atoms with van der Waals surface area (Å²) in [5.74, 6) is 0. The van der Waals surface area contributed by atoms with Crippen LogP contribution >= 0.6 is 11.6 Å². The van der Waals surface area contributed by atoms with Crippen molar-refractivity contribution in [3.8, 4) is 0 Å². The minimum absolute atomic E-state index is 0.0548. The summed E-state index contributed by atoms with van der Waals surface area (Å²) in [6.45, 7) is 2.45. The number of hydrogen-bond acceptors (Lipinski definition) is 3. The molecule has 112 valence electrons. The maximum atomic E-state index is 12.3. The Balaban J connectivity index is 2.20. The third-order valence-electron chi connectivity index (χ3n) is 3.11. The average Bonchev–Trinajstić information content (AvgIpc) is 2.47. The number of nitrogens with one attached hydrogen (secondary N) is 1. The smallest absolute Gasteiger partial charge is 0.242 e. The molecular formula is C15H17ClN2O2S. The van der Waals surface area contributed by atoms with Crippen molar-refractivity contribution in [2.24, 2.45) is 5.73 Å². The van der Waals surface area contributed by atoms with Crippen molar-refractivity contribution in [2.45, 2.75) is 24.9 Å². The molecule has 0 saturated heterocycles. The molecular weight excluding hydrogens is 308 g/mol. The van der Waals surface area contributed by atoms with Crippen LogP contribution in [0.25, 0.3) is 0 Å². The predicted molar refractivity (Wildman–Crippen MR) is 84.5 cm³/mol. The normalized spacial score (nSPS) is 11.6. The van der Waals surface area contributed by atoms with Gasteiger partial charge in [0.25, 0.3) is 0 Å². The fraction of sp³-hybridized carbons (Fsp3) is 0.200. The predicted octanol–water partition coefficient (Wildman–Crippen LogP) is 2.59. The van der Waals surface area contributed by atoms with Crippen LogP contribution in [-0.2, 0) is 23.1 Å². The number of nitrogens with two attached hydrogens (primary N) is 1. The van der Waals surface area contributed by atoms with Crippen LogP contribution in [0.3, 0.4) is 0 Å². The van der Waals surface area contributed by atoms with Gasteiger partial charge in [-0.15, -0.1) is 0 Å². The van der Waals surface area contributed by atoms with Gasteiger partial charge in [-0.3, -0.25) is 0 Å². The monoisotopic (exact) mass is 324 g/mol. The molecule has 0 saturated carbocycles. The van der Waals surface area contributed by atoms with E-state index in [-0.39, 0.29) is 23.0 Å². The van der Waals surface area contributed by atoms with Gasteiger partial charge < -0.3 is 5.73 Å². The first kappa shape index (κ1) is 16.0. The highest BCUT2D eigenvalue weighted by Crippen LogP contribution is 2.22. The molecule has 3 N–H and O–H groups in total. The number of hydrogen-bond donors (Lipinski definition) is 2. The number of halogens is 1. The SMILES string of the molecule is Cc1ccc(CNS(=O)(=O)c2cc(CN)ccc2Cl)cc1. The molecule has 0 spiro atoms.